The minimum absolute atomic E-state index is 0.413. The van der Waals surface area contributed by atoms with Gasteiger partial charge in [0.1, 0.15) is 5.75 Å². The third kappa shape index (κ3) is 5.28. The molecule has 0 N–H and O–H groups in total. The Morgan fingerprint density at radius 2 is 1.96 bits per heavy atom. The van der Waals surface area contributed by atoms with Gasteiger partial charge in [-0.05, 0) is 42.7 Å². The number of thioether (sulfide) groups is 1. The Morgan fingerprint density at radius 3 is 2.64 bits per heavy atom. The lowest BCUT2D eigenvalue weighted by Crippen LogP contribution is -2.13. The summed E-state index contributed by atoms with van der Waals surface area (Å²) in [6.07, 6.45) is 7.77. The number of hydrogen-bond donors (Lipinski definition) is 0. The van der Waals surface area contributed by atoms with Crippen molar-refractivity contribution in [1.29, 1.82) is 0 Å². The van der Waals surface area contributed by atoms with E-state index in [9.17, 15) is 0 Å². The van der Waals surface area contributed by atoms with E-state index in [0.29, 0.717) is 5.25 Å². The molecule has 1 heterocycles. The van der Waals surface area contributed by atoms with Gasteiger partial charge in [-0.3, -0.25) is 0 Å². The maximum absolute atomic E-state index is 6.35. The zero-order valence-corrected chi connectivity index (χ0v) is 15.7. The topological polar surface area (TPSA) is 27.1 Å². The van der Waals surface area contributed by atoms with Gasteiger partial charge in [-0.2, -0.15) is 0 Å². The fourth-order valence-corrected chi connectivity index (χ4v) is 4.11. The second kappa shape index (κ2) is 8.97. The molecular weight excluding hydrogens is 352 g/mol. The molecule has 5 heteroatoms. The van der Waals surface area contributed by atoms with Gasteiger partial charge in [0.05, 0.1) is 18.5 Å². The molecule has 1 aromatic heterocycles. The van der Waals surface area contributed by atoms with Crippen LogP contribution in [0.3, 0.4) is 0 Å². The normalized spacial score (nSPS) is 12.1. The number of methoxy groups -OCH3 is 1. The number of rotatable bonds is 8. The molecule has 1 atom stereocenters. The Kier molecular flexibility index (Phi) is 6.42. The molecule has 0 aliphatic heterocycles. The predicted molar refractivity (Wildman–Crippen MR) is 105 cm³/mol. The zero-order valence-electron chi connectivity index (χ0n) is 14.1. The van der Waals surface area contributed by atoms with Crippen molar-refractivity contribution in [3.8, 4) is 5.75 Å². The number of benzene rings is 2. The largest absolute Gasteiger partial charge is 0.497 e. The van der Waals surface area contributed by atoms with Crippen LogP contribution in [0.25, 0.3) is 0 Å². The third-order valence-electron chi connectivity index (χ3n) is 4.02. The zero-order chi connectivity index (χ0) is 17.5. The van der Waals surface area contributed by atoms with Gasteiger partial charge in [-0.1, -0.05) is 35.9 Å². The summed E-state index contributed by atoms with van der Waals surface area (Å²) in [4.78, 5) is 5.28. The summed E-state index contributed by atoms with van der Waals surface area (Å²) in [5.41, 5.74) is 1.32. The molecule has 0 aliphatic carbocycles. The predicted octanol–water partition coefficient (Wildman–Crippen LogP) is 5.34. The number of nitrogens with zero attached hydrogens (tertiary/aromatic N) is 2. The monoisotopic (exact) mass is 372 g/mol. The van der Waals surface area contributed by atoms with Crippen molar-refractivity contribution in [1.82, 2.24) is 9.55 Å². The van der Waals surface area contributed by atoms with Crippen molar-refractivity contribution < 1.29 is 4.74 Å². The van der Waals surface area contributed by atoms with Crippen LogP contribution < -0.4 is 4.74 Å². The molecule has 130 valence electrons. The third-order valence-corrected chi connectivity index (χ3v) is 5.79. The first-order chi connectivity index (χ1) is 12.2. The molecule has 0 amide bonds. The van der Waals surface area contributed by atoms with Gasteiger partial charge < -0.3 is 9.30 Å². The first-order valence-corrected chi connectivity index (χ1v) is 9.50. The SMILES string of the molecule is COc1ccc(CCC(Cn2ccnc2)Sc2ccccc2Cl)cc1. The second-order valence-electron chi connectivity index (χ2n) is 5.82. The van der Waals surface area contributed by atoms with Crippen LogP contribution in [0.15, 0.2) is 72.1 Å². The maximum atomic E-state index is 6.35. The summed E-state index contributed by atoms with van der Waals surface area (Å²) < 4.78 is 7.36. The van der Waals surface area contributed by atoms with Gasteiger partial charge in [0, 0.05) is 29.1 Å². The van der Waals surface area contributed by atoms with E-state index in [2.05, 4.69) is 27.8 Å². The van der Waals surface area contributed by atoms with Gasteiger partial charge in [-0.15, -0.1) is 11.8 Å². The van der Waals surface area contributed by atoms with Crippen LogP contribution in [0.5, 0.6) is 5.75 Å². The lowest BCUT2D eigenvalue weighted by molar-refractivity contribution is 0.414. The molecule has 0 radical (unpaired) electrons. The highest BCUT2D eigenvalue weighted by molar-refractivity contribution is 8.00. The summed E-state index contributed by atoms with van der Waals surface area (Å²) in [6.45, 7) is 0.909. The van der Waals surface area contributed by atoms with E-state index in [-0.39, 0.29) is 0 Å². The van der Waals surface area contributed by atoms with Gasteiger partial charge in [0.15, 0.2) is 0 Å². The fourth-order valence-electron chi connectivity index (χ4n) is 2.66. The minimum atomic E-state index is 0.413. The molecule has 3 nitrogen and oxygen atoms in total. The Bertz CT molecular complexity index is 775. The van der Waals surface area contributed by atoms with E-state index in [0.717, 1.165) is 35.1 Å². The molecule has 0 saturated carbocycles. The fraction of sp³-hybridized carbons (Fsp3) is 0.250. The average molecular weight is 373 g/mol. The second-order valence-corrected chi connectivity index (χ2v) is 7.57. The average Bonchev–Trinajstić information content (AvgIpc) is 3.15. The van der Waals surface area contributed by atoms with Crippen molar-refractivity contribution in [2.45, 2.75) is 29.5 Å². The maximum Gasteiger partial charge on any atom is 0.118 e. The number of aromatic nitrogens is 2. The van der Waals surface area contributed by atoms with E-state index in [1.54, 1.807) is 7.11 Å². The van der Waals surface area contributed by atoms with Gasteiger partial charge in [0.25, 0.3) is 0 Å². The standard InChI is InChI=1S/C20H21ClN2OS/c1-24-17-9-6-16(7-10-17)8-11-18(14-23-13-12-22-15-23)25-20-5-3-2-4-19(20)21/h2-7,9-10,12-13,15,18H,8,11,14H2,1H3. The van der Waals surface area contributed by atoms with Gasteiger partial charge >= 0.3 is 0 Å². The highest BCUT2D eigenvalue weighted by atomic mass is 35.5. The summed E-state index contributed by atoms with van der Waals surface area (Å²) in [5, 5.41) is 1.23. The highest BCUT2D eigenvalue weighted by Crippen LogP contribution is 2.33. The number of hydrogen-bond acceptors (Lipinski definition) is 3. The van der Waals surface area contributed by atoms with Crippen molar-refractivity contribution in [2.75, 3.05) is 7.11 Å². The van der Waals surface area contributed by atoms with Crippen LogP contribution in [0.4, 0.5) is 0 Å². The van der Waals surface area contributed by atoms with Crippen LogP contribution >= 0.6 is 23.4 Å². The van der Waals surface area contributed by atoms with Crippen molar-refractivity contribution in [3.05, 3.63) is 77.8 Å². The van der Waals surface area contributed by atoms with E-state index < -0.39 is 0 Å². The van der Waals surface area contributed by atoms with Gasteiger partial charge in [-0.25, -0.2) is 4.98 Å². The Morgan fingerprint density at radius 1 is 1.16 bits per heavy atom. The number of aryl methyl sites for hydroxylation is 1. The molecule has 1 unspecified atom stereocenters. The van der Waals surface area contributed by atoms with Crippen molar-refractivity contribution in [2.24, 2.45) is 0 Å². The van der Waals surface area contributed by atoms with Crippen molar-refractivity contribution in [3.63, 3.8) is 0 Å². The summed E-state index contributed by atoms with van der Waals surface area (Å²) in [7, 11) is 1.69. The molecule has 3 rings (SSSR count). The molecule has 3 aromatic rings. The number of imidazole rings is 1. The van der Waals surface area contributed by atoms with Crippen LogP contribution in [0, 0.1) is 0 Å². The lowest BCUT2D eigenvalue weighted by Gasteiger charge is -2.18. The highest BCUT2D eigenvalue weighted by Gasteiger charge is 2.14. The first-order valence-electron chi connectivity index (χ1n) is 8.24. The Labute approximate surface area is 158 Å². The van der Waals surface area contributed by atoms with E-state index in [1.807, 2.05) is 60.8 Å². The van der Waals surface area contributed by atoms with Crippen LogP contribution in [-0.4, -0.2) is 21.9 Å². The summed E-state index contributed by atoms with van der Waals surface area (Å²) >= 11 is 8.18. The summed E-state index contributed by atoms with van der Waals surface area (Å²) in [5.74, 6) is 0.893. The Hall–Kier alpha value is -1.91. The van der Waals surface area contributed by atoms with E-state index in [4.69, 9.17) is 16.3 Å². The first kappa shape index (κ1) is 17.9. The molecule has 0 bridgehead atoms. The Balaban J connectivity index is 1.68. The molecular formula is C20H21ClN2OS. The molecule has 0 fully saturated rings. The number of ether oxygens (including phenoxy) is 1. The van der Waals surface area contributed by atoms with Crippen molar-refractivity contribution >= 4 is 23.4 Å². The lowest BCUT2D eigenvalue weighted by atomic mass is 10.1. The van der Waals surface area contributed by atoms with Crippen LogP contribution in [-0.2, 0) is 13.0 Å². The molecule has 25 heavy (non-hydrogen) atoms. The molecule has 2 aromatic carbocycles. The smallest absolute Gasteiger partial charge is 0.118 e. The minimum Gasteiger partial charge on any atom is -0.497 e. The molecule has 0 spiro atoms. The molecule has 0 aliphatic rings. The molecule has 0 saturated heterocycles. The van der Waals surface area contributed by atoms with E-state index >= 15 is 0 Å². The van der Waals surface area contributed by atoms with Gasteiger partial charge in [0.2, 0.25) is 0 Å². The summed E-state index contributed by atoms with van der Waals surface area (Å²) in [6, 6.07) is 16.3. The quantitative estimate of drug-likeness (QED) is 0.499. The van der Waals surface area contributed by atoms with Crippen LogP contribution in [0.2, 0.25) is 5.02 Å². The number of halogens is 1. The van der Waals surface area contributed by atoms with Crippen LogP contribution in [0.1, 0.15) is 12.0 Å². The van der Waals surface area contributed by atoms with E-state index in [1.165, 1.54) is 5.56 Å².